The second-order valence-electron chi connectivity index (χ2n) is 4.09. The summed E-state index contributed by atoms with van der Waals surface area (Å²) in [5.41, 5.74) is 0.432. The maximum Gasteiger partial charge on any atom is 0.586 e. The monoisotopic (exact) mass is 241 g/mol. The van der Waals surface area contributed by atoms with Gasteiger partial charge in [-0.25, -0.2) is 0 Å². The van der Waals surface area contributed by atoms with Crippen LogP contribution in [0.2, 0.25) is 0 Å². The van der Waals surface area contributed by atoms with Gasteiger partial charge in [-0.3, -0.25) is 4.79 Å². The highest BCUT2D eigenvalue weighted by molar-refractivity contribution is 5.94. The van der Waals surface area contributed by atoms with Crippen LogP contribution in [0.3, 0.4) is 0 Å². The fourth-order valence-electron chi connectivity index (χ4n) is 1.62. The molecule has 1 heterocycles. The van der Waals surface area contributed by atoms with Gasteiger partial charge in [0.2, 0.25) is 5.91 Å². The van der Waals surface area contributed by atoms with Gasteiger partial charge in [-0.2, -0.15) is 0 Å². The predicted octanol–water partition coefficient (Wildman–Crippen LogP) is 2.36. The summed E-state index contributed by atoms with van der Waals surface area (Å²) in [6.45, 7) is 0. The number of ether oxygens (including phenoxy) is 2. The van der Waals surface area contributed by atoms with Crippen molar-refractivity contribution in [3.63, 3.8) is 0 Å². The number of benzene rings is 1. The quantitative estimate of drug-likeness (QED) is 0.864. The fraction of sp³-hybridized carbons (Fsp3) is 0.364. The lowest BCUT2D eigenvalue weighted by atomic mass is 10.2. The first-order chi connectivity index (χ1) is 8.03. The van der Waals surface area contributed by atoms with Gasteiger partial charge in [0, 0.05) is 17.7 Å². The number of hydrogen-bond donors (Lipinski definition) is 1. The van der Waals surface area contributed by atoms with Gasteiger partial charge in [-0.15, -0.1) is 8.78 Å². The van der Waals surface area contributed by atoms with E-state index < -0.39 is 6.29 Å². The van der Waals surface area contributed by atoms with Crippen molar-refractivity contribution in [2.75, 3.05) is 5.32 Å². The molecule has 1 amide bonds. The molecule has 17 heavy (non-hydrogen) atoms. The summed E-state index contributed by atoms with van der Waals surface area (Å²) >= 11 is 0. The van der Waals surface area contributed by atoms with Crippen LogP contribution >= 0.6 is 0 Å². The van der Waals surface area contributed by atoms with E-state index in [1.54, 1.807) is 0 Å². The third kappa shape index (κ3) is 2.02. The second-order valence-corrected chi connectivity index (χ2v) is 4.09. The Morgan fingerprint density at radius 2 is 2.00 bits per heavy atom. The lowest BCUT2D eigenvalue weighted by molar-refractivity contribution is -0.286. The zero-order valence-electron chi connectivity index (χ0n) is 8.70. The average molecular weight is 241 g/mol. The van der Waals surface area contributed by atoms with Crippen LogP contribution in [0.1, 0.15) is 12.8 Å². The van der Waals surface area contributed by atoms with Gasteiger partial charge < -0.3 is 14.8 Å². The molecule has 0 bridgehead atoms. The molecule has 0 unspecified atom stereocenters. The molecule has 6 heteroatoms. The number of carbonyl (C=O) groups is 1. The van der Waals surface area contributed by atoms with Crippen molar-refractivity contribution in [3.05, 3.63) is 18.2 Å². The number of fused-ring (bicyclic) bond motifs is 1. The van der Waals surface area contributed by atoms with Crippen LogP contribution in [0.15, 0.2) is 18.2 Å². The Morgan fingerprint density at radius 3 is 2.71 bits per heavy atom. The molecule has 2 aliphatic rings. The highest BCUT2D eigenvalue weighted by Crippen LogP contribution is 2.42. The van der Waals surface area contributed by atoms with Gasteiger partial charge in [0.25, 0.3) is 0 Å². The molecule has 1 saturated carbocycles. The van der Waals surface area contributed by atoms with Gasteiger partial charge in [-0.1, -0.05) is 0 Å². The molecule has 3 rings (SSSR count). The Bertz CT molecular complexity index is 486. The molecular formula is C11H9F2NO3. The number of anilines is 1. The van der Waals surface area contributed by atoms with Crippen LogP contribution in [-0.2, 0) is 4.79 Å². The van der Waals surface area contributed by atoms with E-state index in [1.165, 1.54) is 18.2 Å². The number of carbonyl (C=O) groups excluding carboxylic acids is 1. The third-order valence-corrected chi connectivity index (χ3v) is 2.62. The molecule has 4 nitrogen and oxygen atoms in total. The third-order valence-electron chi connectivity index (χ3n) is 2.62. The predicted molar refractivity (Wildman–Crippen MR) is 54.0 cm³/mol. The minimum Gasteiger partial charge on any atom is -0.395 e. The number of nitrogens with one attached hydrogen (secondary N) is 1. The maximum absolute atomic E-state index is 12.7. The second kappa shape index (κ2) is 3.32. The van der Waals surface area contributed by atoms with E-state index in [0.29, 0.717) is 5.69 Å². The van der Waals surface area contributed by atoms with Gasteiger partial charge in [-0.05, 0) is 25.0 Å². The Balaban J connectivity index is 1.78. The summed E-state index contributed by atoms with van der Waals surface area (Å²) in [7, 11) is 0. The van der Waals surface area contributed by atoms with Crippen molar-refractivity contribution in [1.82, 2.24) is 0 Å². The van der Waals surface area contributed by atoms with Crippen molar-refractivity contribution in [1.29, 1.82) is 0 Å². The molecule has 0 atom stereocenters. The molecule has 0 saturated heterocycles. The SMILES string of the molecule is O=C(Nc1ccc2c(c1)OC(F)(F)O2)C1CC1. The maximum atomic E-state index is 12.7. The Hall–Kier alpha value is -1.85. The molecular weight excluding hydrogens is 232 g/mol. The molecule has 0 spiro atoms. The Morgan fingerprint density at radius 1 is 1.29 bits per heavy atom. The van der Waals surface area contributed by atoms with Crippen LogP contribution in [0.4, 0.5) is 14.5 Å². The molecule has 1 aromatic carbocycles. The molecule has 1 aliphatic carbocycles. The zero-order valence-corrected chi connectivity index (χ0v) is 8.70. The fourth-order valence-corrected chi connectivity index (χ4v) is 1.62. The van der Waals surface area contributed by atoms with Crippen LogP contribution in [-0.4, -0.2) is 12.2 Å². The number of hydrogen-bond acceptors (Lipinski definition) is 3. The van der Waals surface area contributed by atoms with Gasteiger partial charge >= 0.3 is 6.29 Å². The Labute approximate surface area is 95.5 Å². The van der Waals surface area contributed by atoms with Gasteiger partial charge in [0.05, 0.1) is 0 Å². The smallest absolute Gasteiger partial charge is 0.395 e. The molecule has 1 aromatic rings. The topological polar surface area (TPSA) is 47.6 Å². The minimum atomic E-state index is -3.62. The molecule has 1 N–H and O–H groups in total. The standard InChI is InChI=1S/C11H9F2NO3/c12-11(13)16-8-4-3-7(5-9(8)17-11)14-10(15)6-1-2-6/h3-6H,1-2H2,(H,14,15). The number of alkyl halides is 2. The highest BCUT2D eigenvalue weighted by Gasteiger charge is 2.43. The van der Waals surface area contributed by atoms with Crippen molar-refractivity contribution >= 4 is 11.6 Å². The number of rotatable bonds is 2. The molecule has 0 aromatic heterocycles. The minimum absolute atomic E-state index is 0.0283. The van der Waals surface area contributed by atoms with Crippen LogP contribution < -0.4 is 14.8 Å². The molecule has 1 aliphatic heterocycles. The summed E-state index contributed by atoms with van der Waals surface area (Å²) < 4.78 is 34.0. The van der Waals surface area contributed by atoms with Gasteiger partial charge in [0.15, 0.2) is 11.5 Å². The van der Waals surface area contributed by atoms with Crippen LogP contribution in [0.5, 0.6) is 11.5 Å². The largest absolute Gasteiger partial charge is 0.586 e. The van der Waals surface area contributed by atoms with Crippen LogP contribution in [0, 0.1) is 5.92 Å². The average Bonchev–Trinajstić information content (AvgIpc) is 3.01. The first kappa shape index (κ1) is 10.3. The summed E-state index contributed by atoms with van der Waals surface area (Å²) in [5, 5.41) is 2.64. The first-order valence-electron chi connectivity index (χ1n) is 5.24. The number of amides is 1. The summed E-state index contributed by atoms with van der Waals surface area (Å²) in [5.74, 6) is -0.125. The first-order valence-corrected chi connectivity index (χ1v) is 5.24. The normalized spacial score (nSPS) is 20.1. The van der Waals surface area contributed by atoms with Crippen molar-refractivity contribution in [2.45, 2.75) is 19.1 Å². The Kier molecular flexibility index (Phi) is 2.01. The van der Waals surface area contributed by atoms with E-state index in [4.69, 9.17) is 0 Å². The summed E-state index contributed by atoms with van der Waals surface area (Å²) in [4.78, 5) is 11.5. The van der Waals surface area contributed by atoms with E-state index in [1.807, 2.05) is 0 Å². The summed E-state index contributed by atoms with van der Waals surface area (Å²) in [6, 6.07) is 4.18. The lowest BCUT2D eigenvalue weighted by Crippen LogP contribution is -2.25. The van der Waals surface area contributed by atoms with Crippen molar-refractivity contribution < 1.29 is 23.0 Å². The molecule has 90 valence electrons. The molecule has 0 radical (unpaired) electrons. The van der Waals surface area contributed by atoms with E-state index in [2.05, 4.69) is 14.8 Å². The zero-order chi connectivity index (χ0) is 12.0. The van der Waals surface area contributed by atoms with Crippen molar-refractivity contribution in [3.8, 4) is 11.5 Å². The lowest BCUT2D eigenvalue weighted by Gasteiger charge is -2.05. The molecule has 1 fully saturated rings. The van der Waals surface area contributed by atoms with E-state index in [9.17, 15) is 13.6 Å². The highest BCUT2D eigenvalue weighted by atomic mass is 19.3. The number of halogens is 2. The van der Waals surface area contributed by atoms with E-state index in [-0.39, 0.29) is 23.3 Å². The summed E-state index contributed by atoms with van der Waals surface area (Å²) in [6.07, 6.45) is -1.86. The van der Waals surface area contributed by atoms with Crippen molar-refractivity contribution in [2.24, 2.45) is 5.92 Å². The van der Waals surface area contributed by atoms with E-state index >= 15 is 0 Å². The van der Waals surface area contributed by atoms with Gasteiger partial charge in [0.1, 0.15) is 0 Å². The van der Waals surface area contributed by atoms with E-state index in [0.717, 1.165) is 12.8 Å². The van der Waals surface area contributed by atoms with Crippen LogP contribution in [0.25, 0.3) is 0 Å².